The first-order chi connectivity index (χ1) is 19.3. The molecule has 0 rings (SSSR count). The number of esters is 2. The molecule has 41 heavy (non-hydrogen) atoms. The molecule has 0 N–H and O–H groups in total. The van der Waals surface area contributed by atoms with Crippen molar-refractivity contribution in [2.45, 2.75) is 181 Å². The van der Waals surface area contributed by atoms with E-state index >= 15 is 0 Å². The van der Waals surface area contributed by atoms with Crippen molar-refractivity contribution in [2.24, 2.45) is 0 Å². The van der Waals surface area contributed by atoms with Gasteiger partial charge in [0, 0.05) is 12.8 Å². The maximum atomic E-state index is 12.5. The number of halogens is 1. The molecular weight excluding hydrogens is 625 g/mol. The molecule has 1 unspecified atom stereocenters. The molecule has 0 aliphatic carbocycles. The Morgan fingerprint density at radius 1 is 0.537 bits per heavy atom. The summed E-state index contributed by atoms with van der Waals surface area (Å²) in [6, 6.07) is 0. The van der Waals surface area contributed by atoms with Crippen LogP contribution in [0.4, 0.5) is 0 Å². The molecule has 0 aromatic carbocycles. The highest BCUT2D eigenvalue weighted by molar-refractivity contribution is 5.70. The van der Waals surface area contributed by atoms with Crippen LogP contribution in [0.25, 0.3) is 0 Å². The van der Waals surface area contributed by atoms with E-state index in [-0.39, 0.29) is 48.6 Å². The van der Waals surface area contributed by atoms with Crippen molar-refractivity contribution in [3.63, 3.8) is 0 Å². The maximum Gasteiger partial charge on any atom is 0.306 e. The first-order valence-electron chi connectivity index (χ1n) is 17.5. The third-order valence-corrected chi connectivity index (χ3v) is 8.25. The average molecular weight is 696 g/mol. The molecule has 246 valence electrons. The standard InChI is InChI=1S/C35H70NO4.HI/c1-6-9-11-13-15-17-19-21-23-25-27-29-34(37)39-32-33(31-36(4,5)8-3)40-35(38)30-28-26-24-22-20-18-16-14-12-10-7-2;/h33H,6-32H2,1-5H3;1H/q+1;/p-1. The van der Waals surface area contributed by atoms with Crippen molar-refractivity contribution in [3.8, 4) is 0 Å². The maximum absolute atomic E-state index is 12.5. The Balaban J connectivity index is 0. The molecule has 0 aliphatic heterocycles. The van der Waals surface area contributed by atoms with E-state index < -0.39 is 0 Å². The Morgan fingerprint density at radius 3 is 1.24 bits per heavy atom. The van der Waals surface area contributed by atoms with E-state index in [0.29, 0.717) is 19.4 Å². The molecule has 0 aliphatic rings. The predicted molar refractivity (Wildman–Crippen MR) is 171 cm³/mol. The monoisotopic (exact) mass is 695 g/mol. The van der Waals surface area contributed by atoms with Gasteiger partial charge in [-0.2, -0.15) is 0 Å². The van der Waals surface area contributed by atoms with Crippen LogP contribution in [0.2, 0.25) is 0 Å². The molecule has 0 bridgehead atoms. The van der Waals surface area contributed by atoms with Crippen molar-refractivity contribution in [1.29, 1.82) is 0 Å². The summed E-state index contributed by atoms with van der Waals surface area (Å²) in [7, 11) is 4.25. The summed E-state index contributed by atoms with van der Waals surface area (Å²) < 4.78 is 12.1. The molecule has 5 nitrogen and oxygen atoms in total. The minimum Gasteiger partial charge on any atom is -1.00 e. The van der Waals surface area contributed by atoms with Crippen LogP contribution in [0.1, 0.15) is 175 Å². The van der Waals surface area contributed by atoms with E-state index in [1.807, 2.05) is 0 Å². The number of rotatable bonds is 30. The normalized spacial score (nSPS) is 12.1. The van der Waals surface area contributed by atoms with Gasteiger partial charge in [-0.25, -0.2) is 0 Å². The number of hydrogen-bond acceptors (Lipinski definition) is 4. The average Bonchev–Trinajstić information content (AvgIpc) is 2.93. The minimum atomic E-state index is -0.378. The molecular formula is C35H70INO4. The molecule has 0 aromatic heterocycles. The summed E-state index contributed by atoms with van der Waals surface area (Å²) in [6.45, 7) is 8.41. The van der Waals surface area contributed by atoms with Crippen LogP contribution in [0.15, 0.2) is 0 Å². The molecule has 6 heteroatoms. The fraction of sp³-hybridized carbons (Fsp3) is 0.943. The third kappa shape index (κ3) is 30.9. The Hall–Kier alpha value is -0.370. The number of nitrogens with zero attached hydrogens (tertiary/aromatic N) is 1. The summed E-state index contributed by atoms with van der Waals surface area (Å²) in [5.41, 5.74) is 0. The van der Waals surface area contributed by atoms with Gasteiger partial charge in [0.2, 0.25) is 0 Å². The number of likely N-dealkylation sites (N-methyl/N-ethyl adjacent to an activating group) is 1. The van der Waals surface area contributed by atoms with Gasteiger partial charge in [0.25, 0.3) is 0 Å². The van der Waals surface area contributed by atoms with Gasteiger partial charge in [-0.1, -0.05) is 142 Å². The first kappa shape index (κ1) is 42.8. The van der Waals surface area contributed by atoms with Gasteiger partial charge in [0.15, 0.2) is 6.10 Å². The second-order valence-electron chi connectivity index (χ2n) is 12.8. The Morgan fingerprint density at radius 2 is 0.878 bits per heavy atom. The van der Waals surface area contributed by atoms with Crippen LogP contribution in [-0.2, 0) is 19.1 Å². The highest BCUT2D eigenvalue weighted by atomic mass is 127. The number of carbonyl (C=O) groups excluding carboxylic acids is 2. The lowest BCUT2D eigenvalue weighted by Crippen LogP contribution is -3.00. The molecule has 0 fully saturated rings. The van der Waals surface area contributed by atoms with Crippen LogP contribution in [0, 0.1) is 0 Å². The van der Waals surface area contributed by atoms with E-state index in [1.165, 1.54) is 116 Å². The van der Waals surface area contributed by atoms with Crippen LogP contribution in [0.3, 0.4) is 0 Å². The van der Waals surface area contributed by atoms with Gasteiger partial charge in [-0.3, -0.25) is 9.59 Å². The van der Waals surface area contributed by atoms with Crippen LogP contribution in [-0.4, -0.2) is 56.3 Å². The van der Waals surface area contributed by atoms with Gasteiger partial charge < -0.3 is 37.9 Å². The topological polar surface area (TPSA) is 52.6 Å². The molecule has 0 spiro atoms. The Kier molecular flexibility index (Phi) is 32.4. The van der Waals surface area contributed by atoms with E-state index in [1.54, 1.807) is 0 Å². The quantitative estimate of drug-likeness (QED) is 0.0354. The third-order valence-electron chi connectivity index (χ3n) is 8.25. The zero-order valence-corrected chi connectivity index (χ0v) is 30.3. The largest absolute Gasteiger partial charge is 1.00 e. The molecule has 1 atom stereocenters. The number of carbonyl (C=O) groups is 2. The molecule has 0 radical (unpaired) electrons. The zero-order valence-electron chi connectivity index (χ0n) is 28.1. The minimum absolute atomic E-state index is 0. The summed E-state index contributed by atoms with van der Waals surface area (Å²) in [5.74, 6) is -0.317. The van der Waals surface area contributed by atoms with Gasteiger partial charge in [0.1, 0.15) is 13.2 Å². The van der Waals surface area contributed by atoms with Crippen molar-refractivity contribution < 1.29 is 47.5 Å². The van der Waals surface area contributed by atoms with Crippen molar-refractivity contribution in [1.82, 2.24) is 0 Å². The van der Waals surface area contributed by atoms with Gasteiger partial charge >= 0.3 is 11.9 Å². The Labute approximate surface area is 273 Å². The van der Waals surface area contributed by atoms with Crippen LogP contribution in [0.5, 0.6) is 0 Å². The highest BCUT2D eigenvalue weighted by Gasteiger charge is 2.25. The van der Waals surface area contributed by atoms with Crippen LogP contribution < -0.4 is 24.0 Å². The molecule has 0 aromatic rings. The lowest BCUT2D eigenvalue weighted by Gasteiger charge is -2.31. The van der Waals surface area contributed by atoms with Gasteiger partial charge in [0.05, 0.1) is 20.6 Å². The number of hydrogen-bond donors (Lipinski definition) is 0. The molecule has 0 amide bonds. The molecule has 0 saturated heterocycles. The van der Waals surface area contributed by atoms with Gasteiger partial charge in [-0.05, 0) is 19.8 Å². The number of unbranched alkanes of at least 4 members (excludes halogenated alkanes) is 20. The van der Waals surface area contributed by atoms with Crippen molar-refractivity contribution in [2.75, 3.05) is 33.8 Å². The fourth-order valence-electron chi connectivity index (χ4n) is 5.17. The lowest BCUT2D eigenvalue weighted by molar-refractivity contribution is -0.891. The van der Waals surface area contributed by atoms with Gasteiger partial charge in [-0.15, -0.1) is 0 Å². The SMILES string of the molecule is CCCCCCCCCCCCCC(=O)OCC(C[N+](C)(C)CC)OC(=O)CCCCCCCCCCCCC.[I-]. The fourth-order valence-corrected chi connectivity index (χ4v) is 5.17. The first-order valence-corrected chi connectivity index (χ1v) is 17.5. The van der Waals surface area contributed by atoms with Crippen LogP contribution >= 0.6 is 0 Å². The van der Waals surface area contributed by atoms with E-state index in [4.69, 9.17) is 9.47 Å². The van der Waals surface area contributed by atoms with E-state index in [0.717, 1.165) is 36.7 Å². The Bertz CT molecular complexity index is 585. The molecule has 0 heterocycles. The van der Waals surface area contributed by atoms with Crippen molar-refractivity contribution in [3.05, 3.63) is 0 Å². The van der Waals surface area contributed by atoms with E-state index in [2.05, 4.69) is 34.9 Å². The smallest absolute Gasteiger partial charge is 0.306 e. The summed E-state index contributed by atoms with van der Waals surface area (Å²) in [6.07, 6.45) is 28.3. The second-order valence-corrected chi connectivity index (χ2v) is 12.8. The highest BCUT2D eigenvalue weighted by Crippen LogP contribution is 2.14. The second kappa shape index (κ2) is 31.1. The number of ether oxygens (including phenoxy) is 2. The zero-order chi connectivity index (χ0) is 29.7. The number of quaternary nitrogens is 1. The summed E-state index contributed by atoms with van der Waals surface area (Å²) >= 11 is 0. The predicted octanol–water partition coefficient (Wildman–Crippen LogP) is 6.94. The molecule has 0 saturated carbocycles. The van der Waals surface area contributed by atoms with E-state index in [9.17, 15) is 9.59 Å². The van der Waals surface area contributed by atoms with Crippen molar-refractivity contribution >= 4 is 11.9 Å². The summed E-state index contributed by atoms with van der Waals surface area (Å²) in [5, 5.41) is 0. The lowest BCUT2D eigenvalue weighted by atomic mass is 10.1. The summed E-state index contributed by atoms with van der Waals surface area (Å²) in [4.78, 5) is 24.9.